The van der Waals surface area contributed by atoms with Crippen molar-refractivity contribution in [3.05, 3.63) is 65.2 Å². The highest BCUT2D eigenvalue weighted by Gasteiger charge is 2.18. The number of anilines is 1. The van der Waals surface area contributed by atoms with Crippen LogP contribution in [0.4, 0.5) is 5.69 Å². The summed E-state index contributed by atoms with van der Waals surface area (Å²) in [4.78, 5) is 35.9. The molecule has 1 atom stereocenters. The Kier molecular flexibility index (Phi) is 12.2. The van der Waals surface area contributed by atoms with Gasteiger partial charge in [0.15, 0.2) is 5.78 Å². The van der Waals surface area contributed by atoms with Crippen LogP contribution in [0.5, 0.6) is 0 Å². The largest absolute Gasteiger partial charge is 0.388 e. The second-order valence-corrected chi connectivity index (χ2v) is 8.36. The van der Waals surface area contributed by atoms with Gasteiger partial charge in [-0.25, -0.2) is 0 Å². The number of unbranched alkanes of at least 4 members (excludes halogenated alkanes) is 5. The van der Waals surface area contributed by atoms with Gasteiger partial charge in [-0.05, 0) is 55.0 Å². The highest BCUT2D eigenvalue weighted by atomic mass is 16.3. The van der Waals surface area contributed by atoms with Gasteiger partial charge in [0.25, 0.3) is 5.91 Å². The standard InChI is InChI=1S/C28H35N3O4/c1-2-3-4-5-6-7-8-27(34)30-24-17-13-22(14-18-24)10-9-21-11-15-23(16-12-21)28(35)31-25(19-29)26(33)20-32/h11-18,25,32H,2-8,19-20,29H2,1H3,(H,30,34)(H,31,35)/t25-/m0/s1. The van der Waals surface area contributed by atoms with E-state index in [4.69, 9.17) is 10.8 Å². The quantitative estimate of drug-likeness (QED) is 0.260. The van der Waals surface area contributed by atoms with Crippen LogP contribution in [0.2, 0.25) is 0 Å². The first kappa shape index (κ1) is 27.8. The van der Waals surface area contributed by atoms with Gasteiger partial charge in [-0.15, -0.1) is 0 Å². The molecule has 0 saturated heterocycles. The van der Waals surface area contributed by atoms with Crippen LogP contribution >= 0.6 is 0 Å². The number of rotatable bonds is 13. The molecule has 2 aromatic rings. The van der Waals surface area contributed by atoms with E-state index in [0.717, 1.165) is 29.7 Å². The number of benzene rings is 2. The molecule has 2 rings (SSSR count). The van der Waals surface area contributed by atoms with Gasteiger partial charge in [-0.3, -0.25) is 14.4 Å². The fourth-order valence-corrected chi connectivity index (χ4v) is 3.40. The van der Waals surface area contributed by atoms with Gasteiger partial charge < -0.3 is 21.5 Å². The molecule has 2 aromatic carbocycles. The lowest BCUT2D eigenvalue weighted by Crippen LogP contribution is -2.46. The second kappa shape index (κ2) is 15.4. The molecule has 0 aromatic heterocycles. The third-order valence-corrected chi connectivity index (χ3v) is 5.51. The monoisotopic (exact) mass is 477 g/mol. The van der Waals surface area contributed by atoms with Crippen molar-refractivity contribution in [3.8, 4) is 11.8 Å². The first-order valence-electron chi connectivity index (χ1n) is 12.1. The van der Waals surface area contributed by atoms with Crippen molar-refractivity contribution in [1.82, 2.24) is 5.32 Å². The van der Waals surface area contributed by atoms with E-state index in [1.165, 1.54) is 25.7 Å². The van der Waals surface area contributed by atoms with Gasteiger partial charge in [0.2, 0.25) is 5.91 Å². The van der Waals surface area contributed by atoms with E-state index in [0.29, 0.717) is 12.0 Å². The summed E-state index contributed by atoms with van der Waals surface area (Å²) in [6, 6.07) is 13.1. The summed E-state index contributed by atoms with van der Waals surface area (Å²) in [7, 11) is 0. The fraction of sp³-hybridized carbons (Fsp3) is 0.393. The molecule has 7 heteroatoms. The number of carbonyl (C=O) groups is 3. The van der Waals surface area contributed by atoms with Gasteiger partial charge in [0.1, 0.15) is 12.6 Å². The maximum Gasteiger partial charge on any atom is 0.251 e. The van der Waals surface area contributed by atoms with E-state index in [-0.39, 0.29) is 12.5 Å². The number of hydrogen-bond acceptors (Lipinski definition) is 5. The van der Waals surface area contributed by atoms with Gasteiger partial charge in [0.05, 0.1) is 0 Å². The fourth-order valence-electron chi connectivity index (χ4n) is 3.40. The van der Waals surface area contributed by atoms with E-state index < -0.39 is 24.3 Å². The van der Waals surface area contributed by atoms with Crippen molar-refractivity contribution in [2.45, 2.75) is 57.9 Å². The third kappa shape index (κ3) is 10.1. The normalized spacial score (nSPS) is 11.2. The predicted molar refractivity (Wildman–Crippen MR) is 138 cm³/mol. The Balaban J connectivity index is 1.85. The van der Waals surface area contributed by atoms with E-state index >= 15 is 0 Å². The Labute approximate surface area is 207 Å². The number of nitrogens with two attached hydrogens (primary N) is 1. The summed E-state index contributed by atoms with van der Waals surface area (Å²) in [6.07, 6.45) is 7.44. The molecule has 7 nitrogen and oxygen atoms in total. The SMILES string of the molecule is CCCCCCCCC(=O)Nc1ccc(C#Cc2ccc(C(=O)N[C@@H](CN)C(=O)CO)cc2)cc1. The van der Waals surface area contributed by atoms with E-state index in [1.54, 1.807) is 24.3 Å². The van der Waals surface area contributed by atoms with Gasteiger partial charge in [-0.2, -0.15) is 0 Å². The summed E-state index contributed by atoms with van der Waals surface area (Å²) >= 11 is 0. The van der Waals surface area contributed by atoms with Crippen molar-refractivity contribution in [1.29, 1.82) is 0 Å². The van der Waals surface area contributed by atoms with Crippen molar-refractivity contribution >= 4 is 23.3 Å². The lowest BCUT2D eigenvalue weighted by molar-refractivity contribution is -0.123. The number of hydrogen-bond donors (Lipinski definition) is 4. The smallest absolute Gasteiger partial charge is 0.251 e. The Morgan fingerprint density at radius 3 is 2.03 bits per heavy atom. The first-order valence-corrected chi connectivity index (χ1v) is 12.1. The Bertz CT molecular complexity index is 1020. The molecular weight excluding hydrogens is 442 g/mol. The Hall–Kier alpha value is -3.47. The highest BCUT2D eigenvalue weighted by molar-refractivity contribution is 5.98. The number of aliphatic hydroxyl groups is 1. The van der Waals surface area contributed by atoms with E-state index in [2.05, 4.69) is 29.4 Å². The second-order valence-electron chi connectivity index (χ2n) is 8.36. The van der Waals surface area contributed by atoms with E-state index in [9.17, 15) is 14.4 Å². The lowest BCUT2D eigenvalue weighted by atomic mass is 10.1. The molecule has 0 fully saturated rings. The average molecular weight is 478 g/mol. The molecule has 186 valence electrons. The number of nitrogens with one attached hydrogen (secondary N) is 2. The first-order chi connectivity index (χ1) is 17.0. The van der Waals surface area contributed by atoms with Crippen molar-refractivity contribution < 1.29 is 19.5 Å². The molecule has 0 aliphatic carbocycles. The predicted octanol–water partition coefficient (Wildman–Crippen LogP) is 3.39. The van der Waals surface area contributed by atoms with Crippen LogP contribution < -0.4 is 16.4 Å². The van der Waals surface area contributed by atoms with Crippen molar-refractivity contribution in [2.75, 3.05) is 18.5 Å². The van der Waals surface area contributed by atoms with Crippen LogP contribution in [-0.4, -0.2) is 41.9 Å². The molecule has 5 N–H and O–H groups in total. The molecule has 2 amide bonds. The van der Waals surface area contributed by atoms with Crippen LogP contribution in [0.1, 0.15) is 73.4 Å². The minimum absolute atomic E-state index is 0.0296. The number of carbonyl (C=O) groups excluding carboxylic acids is 3. The van der Waals surface area contributed by atoms with Gasteiger partial charge in [0, 0.05) is 35.3 Å². The zero-order chi connectivity index (χ0) is 25.5. The maximum atomic E-state index is 12.3. The summed E-state index contributed by atoms with van der Waals surface area (Å²) in [5.74, 6) is 5.15. The van der Waals surface area contributed by atoms with Crippen LogP contribution in [0.15, 0.2) is 48.5 Å². The third-order valence-electron chi connectivity index (χ3n) is 5.51. The van der Waals surface area contributed by atoms with Crippen molar-refractivity contribution in [2.24, 2.45) is 5.73 Å². The van der Waals surface area contributed by atoms with Crippen LogP contribution in [0, 0.1) is 11.8 Å². The lowest BCUT2D eigenvalue weighted by Gasteiger charge is -2.14. The summed E-state index contributed by atoms with van der Waals surface area (Å²) in [6.45, 7) is 1.43. The molecule has 0 radical (unpaired) electrons. The van der Waals surface area contributed by atoms with Crippen LogP contribution in [-0.2, 0) is 9.59 Å². The zero-order valence-corrected chi connectivity index (χ0v) is 20.3. The minimum atomic E-state index is -0.921. The minimum Gasteiger partial charge on any atom is -0.388 e. The molecular formula is C28H35N3O4. The summed E-state index contributed by atoms with van der Waals surface area (Å²) in [5.41, 5.74) is 8.11. The molecule has 0 unspecified atom stereocenters. The molecule has 0 bridgehead atoms. The molecule has 35 heavy (non-hydrogen) atoms. The van der Waals surface area contributed by atoms with Gasteiger partial charge in [-0.1, -0.05) is 50.9 Å². The Morgan fingerprint density at radius 1 is 0.886 bits per heavy atom. The molecule has 0 saturated carbocycles. The molecule has 0 aliphatic rings. The number of Topliss-reactive ketones (excluding diaryl/α,β-unsaturated/α-hetero) is 1. The van der Waals surface area contributed by atoms with Crippen LogP contribution in [0.25, 0.3) is 0 Å². The number of aliphatic hydroxyl groups excluding tert-OH is 1. The summed E-state index contributed by atoms with van der Waals surface area (Å²) in [5, 5.41) is 14.4. The number of amides is 2. The highest BCUT2D eigenvalue weighted by Crippen LogP contribution is 2.12. The topological polar surface area (TPSA) is 122 Å². The van der Waals surface area contributed by atoms with Crippen molar-refractivity contribution in [3.63, 3.8) is 0 Å². The molecule has 0 spiro atoms. The van der Waals surface area contributed by atoms with E-state index in [1.807, 2.05) is 24.3 Å². The Morgan fingerprint density at radius 2 is 1.46 bits per heavy atom. The molecule has 0 heterocycles. The number of ketones is 1. The van der Waals surface area contributed by atoms with Crippen LogP contribution in [0.3, 0.4) is 0 Å². The zero-order valence-electron chi connectivity index (χ0n) is 20.3. The summed E-state index contributed by atoms with van der Waals surface area (Å²) < 4.78 is 0. The average Bonchev–Trinajstić information content (AvgIpc) is 2.88. The molecule has 0 aliphatic heterocycles. The maximum absolute atomic E-state index is 12.3. The van der Waals surface area contributed by atoms with Gasteiger partial charge >= 0.3 is 0 Å².